The Morgan fingerprint density at radius 2 is 2.18 bits per heavy atom. The van der Waals surface area contributed by atoms with E-state index in [4.69, 9.17) is 4.74 Å². The molecule has 0 aliphatic rings. The quantitative estimate of drug-likeness (QED) is 0.267. The van der Waals surface area contributed by atoms with E-state index in [-0.39, 0.29) is 0 Å². The fourth-order valence-electron chi connectivity index (χ4n) is 1.63. The van der Waals surface area contributed by atoms with Crippen molar-refractivity contribution < 1.29 is 9.53 Å². The van der Waals surface area contributed by atoms with Crippen molar-refractivity contribution in [3.63, 3.8) is 0 Å². The number of benzene rings is 1. The molecule has 0 bridgehead atoms. The van der Waals surface area contributed by atoms with Crippen LogP contribution in [0.5, 0.6) is 0 Å². The summed E-state index contributed by atoms with van der Waals surface area (Å²) in [6.07, 6.45) is 1.48. The van der Waals surface area contributed by atoms with Crippen molar-refractivity contribution >= 4 is 17.7 Å². The number of unbranched alkanes of at least 4 members (excludes halogenated alkanes) is 1. The molecule has 0 radical (unpaired) electrons. The molecule has 114 valence electrons. The zero-order valence-electron chi connectivity index (χ0n) is 12.2. The van der Waals surface area contributed by atoms with Crippen LogP contribution in [0.25, 0.3) is 5.69 Å². The second kappa shape index (κ2) is 8.85. The summed E-state index contributed by atoms with van der Waals surface area (Å²) in [5.74, 6) is 5.60. The number of esters is 1. The highest BCUT2D eigenvalue weighted by Crippen LogP contribution is 2.18. The number of ether oxygens (including phenoxy) is 1. The molecule has 0 N–H and O–H groups in total. The van der Waals surface area contributed by atoms with Gasteiger partial charge in [0.15, 0.2) is 0 Å². The summed E-state index contributed by atoms with van der Waals surface area (Å²) in [6.45, 7) is 2.11. The molecule has 0 atom stereocenters. The van der Waals surface area contributed by atoms with Crippen molar-refractivity contribution in [3.05, 3.63) is 30.3 Å². The molecule has 2 rings (SSSR count). The molecule has 0 amide bonds. The smallest absolute Gasteiger partial charge is 0.384 e. The number of hydrogen-bond acceptors (Lipinski definition) is 6. The molecular weight excluding hydrogens is 300 g/mol. The lowest BCUT2D eigenvalue weighted by Crippen LogP contribution is -1.99. The molecule has 7 heteroatoms. The van der Waals surface area contributed by atoms with E-state index < -0.39 is 5.97 Å². The number of thioether (sulfide) groups is 1. The number of rotatable bonds is 6. The number of tetrazole rings is 1. The van der Waals surface area contributed by atoms with Crippen LogP contribution in [0.4, 0.5) is 0 Å². The van der Waals surface area contributed by atoms with E-state index in [0.29, 0.717) is 13.0 Å². The van der Waals surface area contributed by atoms with Gasteiger partial charge in [0.05, 0.1) is 12.3 Å². The van der Waals surface area contributed by atoms with Gasteiger partial charge in [0.1, 0.15) is 0 Å². The summed E-state index contributed by atoms with van der Waals surface area (Å²) in [6, 6.07) is 9.73. The zero-order chi connectivity index (χ0) is 15.6. The Morgan fingerprint density at radius 3 is 2.95 bits per heavy atom. The fraction of sp³-hybridized carbons (Fsp3) is 0.333. The lowest BCUT2D eigenvalue weighted by Gasteiger charge is -2.02. The number of carbonyl (C=O) groups is 1. The number of nitrogens with zero attached hydrogens (tertiary/aromatic N) is 4. The van der Waals surface area contributed by atoms with Crippen LogP contribution in [-0.2, 0) is 9.53 Å². The average molecular weight is 316 g/mol. The Balaban J connectivity index is 1.79. The Kier molecular flexibility index (Phi) is 6.45. The number of hydrogen-bond donors (Lipinski definition) is 0. The van der Waals surface area contributed by atoms with E-state index >= 15 is 0 Å². The van der Waals surface area contributed by atoms with Crippen molar-refractivity contribution in [1.29, 1.82) is 0 Å². The molecule has 2 aromatic rings. The molecule has 22 heavy (non-hydrogen) atoms. The third-order valence-corrected chi connectivity index (χ3v) is 3.59. The minimum absolute atomic E-state index is 0.353. The van der Waals surface area contributed by atoms with Gasteiger partial charge in [-0.15, -0.1) is 5.10 Å². The highest BCUT2D eigenvalue weighted by molar-refractivity contribution is 7.99. The normalized spacial score (nSPS) is 9.86. The van der Waals surface area contributed by atoms with Gasteiger partial charge in [0.25, 0.3) is 0 Å². The van der Waals surface area contributed by atoms with Gasteiger partial charge in [-0.3, -0.25) is 0 Å². The van der Waals surface area contributed by atoms with E-state index in [0.717, 1.165) is 23.0 Å². The molecular formula is C15H16N4O2S. The van der Waals surface area contributed by atoms with E-state index in [1.54, 1.807) is 23.4 Å². The third kappa shape index (κ3) is 4.90. The van der Waals surface area contributed by atoms with Gasteiger partial charge in [0, 0.05) is 18.1 Å². The number of aromatic nitrogens is 4. The number of carbonyl (C=O) groups excluding carboxylic acids is 1. The number of para-hydroxylation sites is 1. The van der Waals surface area contributed by atoms with E-state index in [9.17, 15) is 4.79 Å². The first-order valence-electron chi connectivity index (χ1n) is 6.93. The van der Waals surface area contributed by atoms with Crippen LogP contribution < -0.4 is 0 Å². The lowest BCUT2D eigenvalue weighted by molar-refractivity contribution is -0.136. The summed E-state index contributed by atoms with van der Waals surface area (Å²) in [7, 11) is 0. The molecule has 0 aliphatic carbocycles. The van der Waals surface area contributed by atoms with Gasteiger partial charge in [-0.2, -0.15) is 4.68 Å². The zero-order valence-corrected chi connectivity index (χ0v) is 13.0. The molecule has 1 aromatic heterocycles. The topological polar surface area (TPSA) is 69.9 Å². The Bertz CT molecular complexity index is 661. The molecule has 0 saturated heterocycles. The van der Waals surface area contributed by atoms with Crippen LogP contribution in [0.15, 0.2) is 35.5 Å². The predicted molar refractivity (Wildman–Crippen MR) is 83.5 cm³/mol. The van der Waals surface area contributed by atoms with Gasteiger partial charge in [-0.05, 0) is 35.9 Å². The first-order valence-corrected chi connectivity index (χ1v) is 7.92. The fourth-order valence-corrected chi connectivity index (χ4v) is 2.46. The second-order valence-corrected chi connectivity index (χ2v) is 5.25. The van der Waals surface area contributed by atoms with E-state index in [1.807, 2.05) is 30.3 Å². The minimum atomic E-state index is -0.469. The van der Waals surface area contributed by atoms with Gasteiger partial charge in [-0.1, -0.05) is 35.9 Å². The minimum Gasteiger partial charge on any atom is -0.456 e. The largest absolute Gasteiger partial charge is 0.456 e. The average Bonchev–Trinajstić information content (AvgIpc) is 3.00. The molecule has 1 aromatic carbocycles. The maximum Gasteiger partial charge on any atom is 0.384 e. The summed E-state index contributed by atoms with van der Waals surface area (Å²) in [4.78, 5) is 11.0. The maximum absolute atomic E-state index is 11.0. The van der Waals surface area contributed by atoms with Crippen LogP contribution in [-0.4, -0.2) is 38.5 Å². The molecule has 0 unspecified atom stereocenters. The Morgan fingerprint density at radius 1 is 1.36 bits per heavy atom. The summed E-state index contributed by atoms with van der Waals surface area (Å²) >= 11 is 1.56. The van der Waals surface area contributed by atoms with Gasteiger partial charge in [0.2, 0.25) is 5.16 Å². The van der Waals surface area contributed by atoms with E-state index in [2.05, 4.69) is 27.4 Å². The van der Waals surface area contributed by atoms with Crippen molar-refractivity contribution in [2.75, 3.05) is 12.4 Å². The molecule has 0 saturated carbocycles. The van der Waals surface area contributed by atoms with Crippen LogP contribution in [0.2, 0.25) is 0 Å². The summed E-state index contributed by atoms with van der Waals surface area (Å²) in [5.41, 5.74) is 0.928. The molecule has 0 spiro atoms. The Labute approximate surface area is 133 Å². The van der Waals surface area contributed by atoms with Gasteiger partial charge in [-0.25, -0.2) is 4.79 Å². The van der Waals surface area contributed by atoms with Gasteiger partial charge >= 0.3 is 5.97 Å². The van der Waals surface area contributed by atoms with Crippen molar-refractivity contribution in [3.8, 4) is 17.5 Å². The van der Waals surface area contributed by atoms with Crippen molar-refractivity contribution in [2.24, 2.45) is 0 Å². The lowest BCUT2D eigenvalue weighted by atomic mass is 10.3. The third-order valence-electron chi connectivity index (χ3n) is 2.58. The highest BCUT2D eigenvalue weighted by atomic mass is 32.2. The van der Waals surface area contributed by atoms with Gasteiger partial charge < -0.3 is 4.74 Å². The molecule has 1 heterocycles. The van der Waals surface area contributed by atoms with Crippen molar-refractivity contribution in [2.45, 2.75) is 24.9 Å². The van der Waals surface area contributed by atoms with E-state index in [1.165, 1.54) is 0 Å². The first-order chi connectivity index (χ1) is 10.8. The SMILES string of the molecule is CCOC(=O)C#CCCCSc1nnnn1-c1ccccc1. The maximum atomic E-state index is 11.0. The Hall–Kier alpha value is -2.33. The monoisotopic (exact) mass is 316 g/mol. The van der Waals surface area contributed by atoms with Crippen LogP contribution in [0.3, 0.4) is 0 Å². The standard InChI is InChI=1S/C15H16N4O2S/c1-2-21-14(20)11-7-4-8-12-22-15-16-17-18-19(15)13-9-5-3-6-10-13/h3,5-6,9-10H,2,4,8,12H2,1H3. The van der Waals surface area contributed by atoms with Crippen LogP contribution >= 0.6 is 11.8 Å². The first kappa shape index (κ1) is 16.0. The van der Waals surface area contributed by atoms with Crippen LogP contribution in [0.1, 0.15) is 19.8 Å². The second-order valence-electron chi connectivity index (χ2n) is 4.18. The van der Waals surface area contributed by atoms with Crippen LogP contribution in [0, 0.1) is 11.8 Å². The predicted octanol–water partition coefficient (Wildman–Crippen LogP) is 2.10. The van der Waals surface area contributed by atoms with Crippen molar-refractivity contribution in [1.82, 2.24) is 20.2 Å². The summed E-state index contributed by atoms with van der Waals surface area (Å²) in [5, 5.41) is 12.5. The highest BCUT2D eigenvalue weighted by Gasteiger charge is 2.07. The molecule has 0 aliphatic heterocycles. The summed E-state index contributed by atoms with van der Waals surface area (Å²) < 4.78 is 6.43. The molecule has 0 fully saturated rings. The molecule has 6 nitrogen and oxygen atoms in total.